The molecule has 0 radical (unpaired) electrons. The summed E-state index contributed by atoms with van der Waals surface area (Å²) in [6.45, 7) is 0. The number of nitro groups is 1. The third kappa shape index (κ3) is 5.53. The first kappa shape index (κ1) is 20.9. The van der Waals surface area contributed by atoms with Crippen molar-refractivity contribution in [3.05, 3.63) is 68.2 Å². The van der Waals surface area contributed by atoms with Crippen LogP contribution in [-0.4, -0.2) is 20.8 Å². The summed E-state index contributed by atoms with van der Waals surface area (Å²) in [5.74, 6) is -0.600. The highest BCUT2D eigenvalue weighted by Crippen LogP contribution is 2.32. The number of carbonyl (C=O) groups is 1. The maximum Gasteiger partial charge on any atom is 0.269 e. The number of carbonyl (C=O) groups excluding carboxylic acids is 1. The van der Waals surface area contributed by atoms with Crippen molar-refractivity contribution in [2.45, 2.75) is 9.96 Å². The summed E-state index contributed by atoms with van der Waals surface area (Å²) in [6.07, 6.45) is -1.15. The van der Waals surface area contributed by atoms with Gasteiger partial charge in [0.1, 0.15) is 6.17 Å². The number of nitro benzene ring substituents is 1. The first-order valence-electron chi connectivity index (χ1n) is 6.91. The molecule has 0 aliphatic heterocycles. The molecule has 2 aromatic rings. The van der Waals surface area contributed by atoms with Crippen molar-refractivity contribution in [2.24, 2.45) is 0 Å². The summed E-state index contributed by atoms with van der Waals surface area (Å²) in [5, 5.41) is 16.5. The predicted octanol–water partition coefficient (Wildman–Crippen LogP) is 5.44. The molecule has 0 aliphatic carbocycles. The normalized spacial score (nSPS) is 12.3. The third-order valence-corrected chi connectivity index (χ3v) is 4.37. The predicted molar refractivity (Wildman–Crippen MR) is 105 cm³/mol. The van der Waals surface area contributed by atoms with Gasteiger partial charge in [-0.15, -0.1) is 0 Å². The molecule has 2 rings (SSSR count). The van der Waals surface area contributed by atoms with E-state index in [-0.39, 0.29) is 16.3 Å². The van der Waals surface area contributed by atoms with E-state index in [0.717, 1.165) is 0 Å². The van der Waals surface area contributed by atoms with Crippen LogP contribution in [0.5, 0.6) is 0 Å². The van der Waals surface area contributed by atoms with Crippen LogP contribution in [0.3, 0.4) is 0 Å². The number of hydrogen-bond acceptors (Lipinski definition) is 4. The second-order valence-electron chi connectivity index (χ2n) is 5.02. The SMILES string of the molecule is O=C(NC(Nc1ccc([N+](=O)[O-])cc1)C(Cl)(Cl)Cl)c1ccc(Cl)cc1Cl. The molecule has 0 aromatic heterocycles. The van der Waals surface area contributed by atoms with Crippen LogP contribution in [0.2, 0.25) is 10.0 Å². The van der Waals surface area contributed by atoms with Crippen molar-refractivity contribution in [1.29, 1.82) is 0 Å². The van der Waals surface area contributed by atoms with Gasteiger partial charge in [-0.1, -0.05) is 58.0 Å². The molecule has 0 saturated carbocycles. The first-order chi connectivity index (χ1) is 12.1. The molecule has 2 N–H and O–H groups in total. The molecule has 0 heterocycles. The zero-order chi connectivity index (χ0) is 19.5. The lowest BCUT2D eigenvalue weighted by Crippen LogP contribution is -2.49. The monoisotopic (exact) mass is 455 g/mol. The number of alkyl halides is 3. The van der Waals surface area contributed by atoms with Gasteiger partial charge >= 0.3 is 0 Å². The maximum atomic E-state index is 12.4. The highest BCUT2D eigenvalue weighted by Gasteiger charge is 2.34. The van der Waals surface area contributed by atoms with E-state index in [9.17, 15) is 14.9 Å². The molecule has 26 heavy (non-hydrogen) atoms. The van der Waals surface area contributed by atoms with Gasteiger partial charge in [-0.25, -0.2) is 0 Å². The first-order valence-corrected chi connectivity index (χ1v) is 8.80. The van der Waals surface area contributed by atoms with E-state index in [1.807, 2.05) is 0 Å². The van der Waals surface area contributed by atoms with Crippen LogP contribution in [0.1, 0.15) is 10.4 Å². The lowest BCUT2D eigenvalue weighted by atomic mass is 10.2. The van der Waals surface area contributed by atoms with E-state index in [0.29, 0.717) is 10.7 Å². The van der Waals surface area contributed by atoms with E-state index in [1.165, 1.54) is 42.5 Å². The largest absolute Gasteiger partial charge is 0.362 e. The molecule has 0 aliphatic rings. The van der Waals surface area contributed by atoms with Gasteiger partial charge in [0.05, 0.1) is 15.5 Å². The van der Waals surface area contributed by atoms with Gasteiger partial charge in [-0.05, 0) is 30.3 Å². The van der Waals surface area contributed by atoms with Crippen LogP contribution in [0, 0.1) is 10.1 Å². The molecule has 0 fully saturated rings. The summed E-state index contributed by atoms with van der Waals surface area (Å²) in [6, 6.07) is 9.72. The number of halogens is 5. The summed E-state index contributed by atoms with van der Waals surface area (Å²) >= 11 is 29.6. The molecule has 0 bridgehead atoms. The minimum atomic E-state index is -1.92. The van der Waals surface area contributed by atoms with Crippen molar-refractivity contribution in [1.82, 2.24) is 5.32 Å². The molecule has 1 amide bonds. The Kier molecular flexibility index (Phi) is 6.82. The van der Waals surface area contributed by atoms with Crippen molar-refractivity contribution in [2.75, 3.05) is 5.32 Å². The van der Waals surface area contributed by atoms with E-state index in [1.54, 1.807) is 0 Å². The summed E-state index contributed by atoms with van der Waals surface area (Å²) in [7, 11) is 0. The third-order valence-electron chi connectivity index (χ3n) is 3.17. The second kappa shape index (κ2) is 8.50. The minimum Gasteiger partial charge on any atom is -0.362 e. The maximum absolute atomic E-state index is 12.4. The molecule has 11 heteroatoms. The Balaban J connectivity index is 2.19. The number of non-ortho nitro benzene ring substituents is 1. The van der Waals surface area contributed by atoms with Gasteiger partial charge < -0.3 is 10.6 Å². The van der Waals surface area contributed by atoms with Gasteiger partial charge in [0.15, 0.2) is 0 Å². The average molecular weight is 458 g/mol. The Morgan fingerprint density at radius 1 is 1.08 bits per heavy atom. The van der Waals surface area contributed by atoms with Gasteiger partial charge in [0, 0.05) is 22.8 Å². The van der Waals surface area contributed by atoms with E-state index >= 15 is 0 Å². The number of nitrogens with zero attached hydrogens (tertiary/aromatic N) is 1. The summed E-state index contributed by atoms with van der Waals surface area (Å²) in [5.41, 5.74) is 0.438. The number of amides is 1. The minimum absolute atomic E-state index is 0.0991. The molecular formula is C15H10Cl5N3O3. The fourth-order valence-corrected chi connectivity index (χ4v) is 2.75. The van der Waals surface area contributed by atoms with Gasteiger partial charge in [-0.2, -0.15) is 0 Å². The number of hydrogen-bond donors (Lipinski definition) is 2. The summed E-state index contributed by atoms with van der Waals surface area (Å²) in [4.78, 5) is 22.6. The molecule has 1 atom stereocenters. The van der Waals surface area contributed by atoms with E-state index in [4.69, 9.17) is 58.0 Å². The van der Waals surface area contributed by atoms with Crippen LogP contribution in [0.15, 0.2) is 42.5 Å². The smallest absolute Gasteiger partial charge is 0.269 e. The van der Waals surface area contributed by atoms with E-state index < -0.39 is 20.8 Å². The van der Waals surface area contributed by atoms with Crippen LogP contribution in [-0.2, 0) is 0 Å². The van der Waals surface area contributed by atoms with Gasteiger partial charge in [-0.3, -0.25) is 14.9 Å². The molecule has 0 spiro atoms. The molecule has 0 saturated heterocycles. The molecule has 138 valence electrons. The topological polar surface area (TPSA) is 84.3 Å². The van der Waals surface area contributed by atoms with Gasteiger partial charge in [0.25, 0.3) is 11.6 Å². The fraction of sp³-hybridized carbons (Fsp3) is 0.133. The number of benzene rings is 2. The molecule has 2 aromatic carbocycles. The van der Waals surface area contributed by atoms with E-state index in [2.05, 4.69) is 10.6 Å². The second-order valence-corrected chi connectivity index (χ2v) is 8.23. The van der Waals surface area contributed by atoms with Crippen LogP contribution in [0.25, 0.3) is 0 Å². The van der Waals surface area contributed by atoms with Crippen molar-refractivity contribution >= 4 is 75.3 Å². The summed E-state index contributed by atoms with van der Waals surface area (Å²) < 4.78 is -1.92. The van der Waals surface area contributed by atoms with Crippen molar-refractivity contribution in [3.63, 3.8) is 0 Å². The standard InChI is InChI=1S/C15H10Cl5N3O3/c16-8-1-6-11(12(17)7-8)13(24)22-14(15(18,19)20)21-9-2-4-10(5-3-9)23(25)26/h1-7,14,21H,(H,22,24). The lowest BCUT2D eigenvalue weighted by Gasteiger charge is -2.27. The highest BCUT2D eigenvalue weighted by atomic mass is 35.6. The lowest BCUT2D eigenvalue weighted by molar-refractivity contribution is -0.384. The Labute approximate surface area is 173 Å². The highest BCUT2D eigenvalue weighted by molar-refractivity contribution is 6.68. The average Bonchev–Trinajstić information content (AvgIpc) is 2.53. The van der Waals surface area contributed by atoms with Crippen molar-refractivity contribution < 1.29 is 9.72 Å². The van der Waals surface area contributed by atoms with Crippen LogP contribution in [0.4, 0.5) is 11.4 Å². The Morgan fingerprint density at radius 2 is 1.69 bits per heavy atom. The number of anilines is 1. The van der Waals surface area contributed by atoms with Crippen molar-refractivity contribution in [3.8, 4) is 0 Å². The molecule has 6 nitrogen and oxygen atoms in total. The van der Waals surface area contributed by atoms with Crippen LogP contribution < -0.4 is 10.6 Å². The number of rotatable bonds is 5. The number of nitrogens with one attached hydrogen (secondary N) is 2. The zero-order valence-corrected chi connectivity index (χ0v) is 16.5. The quantitative estimate of drug-likeness (QED) is 0.271. The zero-order valence-electron chi connectivity index (χ0n) is 12.7. The molecular weight excluding hydrogens is 447 g/mol. The Morgan fingerprint density at radius 3 is 2.19 bits per heavy atom. The van der Waals surface area contributed by atoms with Gasteiger partial charge in [0.2, 0.25) is 3.79 Å². The Bertz CT molecular complexity index is 824. The fourth-order valence-electron chi connectivity index (χ4n) is 1.93. The Hall–Kier alpha value is -1.44. The van der Waals surface area contributed by atoms with Crippen LogP contribution >= 0.6 is 58.0 Å². The molecule has 1 unspecified atom stereocenters.